The second-order valence-corrected chi connectivity index (χ2v) is 8.08. The standard InChI is InChI=1S/C23H36N6O.HI/c1-5-18(6-2)22(30)28-13-11-19(12-14-28)27-23(24-7-3)25-15-20-16-29-17(4)9-8-10-21(29)26-20;/h8-10,16,18-19H,5-7,11-15H2,1-4H3,(H2,24,25,27);1H. The topological polar surface area (TPSA) is 74.0 Å². The quantitative estimate of drug-likeness (QED) is 0.319. The molecule has 1 aliphatic heterocycles. The molecule has 2 aromatic heterocycles. The Bertz CT molecular complexity index is 868. The molecule has 0 aromatic carbocycles. The van der Waals surface area contributed by atoms with Crippen LogP contribution in [0.25, 0.3) is 5.65 Å². The summed E-state index contributed by atoms with van der Waals surface area (Å²) in [5.41, 5.74) is 3.06. The molecule has 0 radical (unpaired) electrons. The number of carbonyl (C=O) groups is 1. The van der Waals surface area contributed by atoms with Gasteiger partial charge in [0.1, 0.15) is 5.65 Å². The molecule has 3 heterocycles. The molecular formula is C23H37IN6O. The highest BCUT2D eigenvalue weighted by Crippen LogP contribution is 2.17. The number of aliphatic imine (C=N–C) groups is 1. The Morgan fingerprint density at radius 3 is 2.55 bits per heavy atom. The van der Waals surface area contributed by atoms with E-state index < -0.39 is 0 Å². The fourth-order valence-electron chi connectivity index (χ4n) is 4.09. The minimum atomic E-state index is 0. The number of halogens is 1. The molecule has 2 N–H and O–H groups in total. The van der Waals surface area contributed by atoms with E-state index in [1.807, 2.05) is 17.0 Å². The Kier molecular flexibility index (Phi) is 10.1. The molecule has 7 nitrogen and oxygen atoms in total. The Balaban J connectivity index is 0.00000341. The normalized spacial score (nSPS) is 15.3. The van der Waals surface area contributed by atoms with Crippen LogP contribution in [0.2, 0.25) is 0 Å². The van der Waals surface area contributed by atoms with Gasteiger partial charge in [-0.1, -0.05) is 19.9 Å². The average Bonchev–Trinajstić information content (AvgIpc) is 3.18. The fourth-order valence-corrected chi connectivity index (χ4v) is 4.09. The van der Waals surface area contributed by atoms with Crippen molar-refractivity contribution in [1.82, 2.24) is 24.9 Å². The van der Waals surface area contributed by atoms with Crippen molar-refractivity contribution in [3.8, 4) is 0 Å². The second-order valence-electron chi connectivity index (χ2n) is 8.08. The third-order valence-corrected chi connectivity index (χ3v) is 5.97. The predicted octanol–water partition coefficient (Wildman–Crippen LogP) is 3.74. The highest BCUT2D eigenvalue weighted by molar-refractivity contribution is 14.0. The van der Waals surface area contributed by atoms with Crippen LogP contribution in [0.15, 0.2) is 29.4 Å². The summed E-state index contributed by atoms with van der Waals surface area (Å²) in [5.74, 6) is 1.31. The van der Waals surface area contributed by atoms with Gasteiger partial charge in [-0.25, -0.2) is 9.98 Å². The van der Waals surface area contributed by atoms with Gasteiger partial charge in [-0.2, -0.15) is 0 Å². The lowest BCUT2D eigenvalue weighted by molar-refractivity contribution is -0.136. The summed E-state index contributed by atoms with van der Waals surface area (Å²) >= 11 is 0. The largest absolute Gasteiger partial charge is 0.357 e. The van der Waals surface area contributed by atoms with E-state index in [0.717, 1.165) is 68.3 Å². The molecule has 0 atom stereocenters. The number of imidazole rings is 1. The number of aryl methyl sites for hydroxylation is 1. The third kappa shape index (κ3) is 6.57. The van der Waals surface area contributed by atoms with Gasteiger partial charge in [0.15, 0.2) is 5.96 Å². The number of carbonyl (C=O) groups excluding carboxylic acids is 1. The molecule has 1 amide bonds. The molecule has 0 aliphatic carbocycles. The van der Waals surface area contributed by atoms with Crippen molar-refractivity contribution in [3.05, 3.63) is 35.8 Å². The number of hydrogen-bond donors (Lipinski definition) is 2. The molecule has 0 unspecified atom stereocenters. The van der Waals surface area contributed by atoms with E-state index in [4.69, 9.17) is 4.99 Å². The summed E-state index contributed by atoms with van der Waals surface area (Å²) < 4.78 is 2.10. The maximum absolute atomic E-state index is 12.6. The van der Waals surface area contributed by atoms with Gasteiger partial charge >= 0.3 is 0 Å². The van der Waals surface area contributed by atoms with E-state index in [1.165, 1.54) is 0 Å². The van der Waals surface area contributed by atoms with E-state index in [1.54, 1.807) is 0 Å². The highest BCUT2D eigenvalue weighted by atomic mass is 127. The molecule has 172 valence electrons. The van der Waals surface area contributed by atoms with Gasteiger partial charge in [-0.3, -0.25) is 4.79 Å². The number of hydrogen-bond acceptors (Lipinski definition) is 3. The van der Waals surface area contributed by atoms with Crippen LogP contribution in [0.3, 0.4) is 0 Å². The van der Waals surface area contributed by atoms with Gasteiger partial charge in [0.25, 0.3) is 0 Å². The van der Waals surface area contributed by atoms with E-state index in [9.17, 15) is 4.79 Å². The van der Waals surface area contributed by atoms with Crippen LogP contribution >= 0.6 is 24.0 Å². The van der Waals surface area contributed by atoms with Crippen molar-refractivity contribution in [1.29, 1.82) is 0 Å². The average molecular weight is 540 g/mol. The van der Waals surface area contributed by atoms with E-state index in [-0.39, 0.29) is 29.9 Å². The van der Waals surface area contributed by atoms with E-state index in [2.05, 4.69) is 60.0 Å². The van der Waals surface area contributed by atoms with Gasteiger partial charge < -0.3 is 19.9 Å². The number of rotatable bonds is 7. The summed E-state index contributed by atoms with van der Waals surface area (Å²) in [4.78, 5) is 24.1. The van der Waals surface area contributed by atoms with E-state index >= 15 is 0 Å². The molecule has 31 heavy (non-hydrogen) atoms. The van der Waals surface area contributed by atoms with Crippen LogP contribution in [0, 0.1) is 12.8 Å². The molecule has 1 fully saturated rings. The number of nitrogens with zero attached hydrogens (tertiary/aromatic N) is 4. The maximum atomic E-state index is 12.6. The lowest BCUT2D eigenvalue weighted by Gasteiger charge is -2.34. The lowest BCUT2D eigenvalue weighted by Crippen LogP contribution is -2.50. The molecule has 1 saturated heterocycles. The number of piperidine rings is 1. The van der Waals surface area contributed by atoms with Crippen molar-refractivity contribution in [2.75, 3.05) is 19.6 Å². The van der Waals surface area contributed by atoms with Gasteiger partial charge in [0, 0.05) is 43.5 Å². The minimum Gasteiger partial charge on any atom is -0.357 e. The summed E-state index contributed by atoms with van der Waals surface area (Å²) in [5, 5.41) is 6.89. The summed E-state index contributed by atoms with van der Waals surface area (Å²) in [6.07, 6.45) is 5.80. The molecule has 8 heteroatoms. The Morgan fingerprint density at radius 2 is 1.94 bits per heavy atom. The van der Waals surface area contributed by atoms with Crippen LogP contribution in [-0.4, -0.2) is 51.8 Å². The molecule has 3 rings (SSSR count). The number of amides is 1. The monoisotopic (exact) mass is 540 g/mol. The molecule has 1 aliphatic rings. The Morgan fingerprint density at radius 1 is 1.23 bits per heavy atom. The first-order valence-corrected chi connectivity index (χ1v) is 11.3. The van der Waals surface area contributed by atoms with Crippen molar-refractivity contribution in [2.45, 2.75) is 66.0 Å². The maximum Gasteiger partial charge on any atom is 0.225 e. The number of nitrogens with one attached hydrogen (secondary N) is 2. The third-order valence-electron chi connectivity index (χ3n) is 5.97. The summed E-state index contributed by atoms with van der Waals surface area (Å²) in [7, 11) is 0. The molecular weight excluding hydrogens is 503 g/mol. The molecule has 2 aromatic rings. The smallest absolute Gasteiger partial charge is 0.225 e. The first kappa shape index (κ1) is 25.4. The molecule has 0 spiro atoms. The van der Waals surface area contributed by atoms with Crippen molar-refractivity contribution >= 4 is 41.5 Å². The zero-order valence-corrected chi connectivity index (χ0v) is 21.6. The fraction of sp³-hybridized carbons (Fsp3) is 0.609. The van der Waals surface area contributed by atoms with Crippen molar-refractivity contribution in [2.24, 2.45) is 10.9 Å². The van der Waals surface area contributed by atoms with Crippen LogP contribution in [-0.2, 0) is 11.3 Å². The SMILES string of the molecule is CCNC(=NCc1cn2c(C)cccc2n1)NC1CCN(C(=O)C(CC)CC)CC1.I. The number of fused-ring (bicyclic) bond motifs is 1. The highest BCUT2D eigenvalue weighted by Gasteiger charge is 2.26. The zero-order valence-electron chi connectivity index (χ0n) is 19.2. The van der Waals surface area contributed by atoms with Gasteiger partial charge in [-0.15, -0.1) is 24.0 Å². The van der Waals surface area contributed by atoms with Crippen LogP contribution in [0.4, 0.5) is 0 Å². The minimum absolute atomic E-state index is 0. The molecule has 0 bridgehead atoms. The van der Waals surface area contributed by atoms with Gasteiger partial charge in [-0.05, 0) is 51.7 Å². The molecule has 0 saturated carbocycles. The first-order chi connectivity index (χ1) is 14.5. The number of likely N-dealkylation sites (tertiary alicyclic amines) is 1. The van der Waals surface area contributed by atoms with E-state index in [0.29, 0.717) is 18.5 Å². The number of aromatic nitrogens is 2. The van der Waals surface area contributed by atoms with Crippen LogP contribution in [0.5, 0.6) is 0 Å². The van der Waals surface area contributed by atoms with Gasteiger partial charge in [0.2, 0.25) is 5.91 Å². The van der Waals surface area contributed by atoms with Crippen molar-refractivity contribution in [3.63, 3.8) is 0 Å². The lowest BCUT2D eigenvalue weighted by atomic mass is 9.98. The number of guanidine groups is 1. The Hall–Kier alpha value is -1.84. The van der Waals surface area contributed by atoms with Gasteiger partial charge in [0.05, 0.1) is 12.2 Å². The number of pyridine rings is 1. The first-order valence-electron chi connectivity index (χ1n) is 11.3. The van der Waals surface area contributed by atoms with Crippen LogP contribution in [0.1, 0.15) is 57.8 Å². The predicted molar refractivity (Wildman–Crippen MR) is 137 cm³/mol. The summed E-state index contributed by atoms with van der Waals surface area (Å²) in [6.45, 7) is 11.3. The zero-order chi connectivity index (χ0) is 21.5. The Labute approximate surface area is 203 Å². The van der Waals surface area contributed by atoms with Crippen molar-refractivity contribution < 1.29 is 4.79 Å². The summed E-state index contributed by atoms with van der Waals surface area (Å²) in [6, 6.07) is 6.45. The second kappa shape index (κ2) is 12.3. The van der Waals surface area contributed by atoms with Crippen LogP contribution < -0.4 is 10.6 Å².